The van der Waals surface area contributed by atoms with Gasteiger partial charge in [0.15, 0.2) is 60.9 Å². The number of aliphatic hydroxyl groups is 17. The van der Waals surface area contributed by atoms with Crippen LogP contribution in [0.3, 0.4) is 0 Å². The highest BCUT2D eigenvalue weighted by molar-refractivity contribution is 5.97. The average Bonchev–Trinajstić information content (AvgIpc) is 1.60. The zero-order chi connectivity index (χ0) is 78.5. The Morgan fingerprint density at radius 2 is 0.860 bits per heavy atom. The third-order valence-electron chi connectivity index (χ3n) is 25.1. The van der Waals surface area contributed by atoms with E-state index < -0.39 is 246 Å². The Hall–Kier alpha value is -5.25. The molecule has 0 amide bonds. The summed E-state index contributed by atoms with van der Waals surface area (Å²) in [6, 6.07) is 0. The second kappa shape index (κ2) is 31.0. The molecule has 0 saturated carbocycles. The molecule has 0 aromatic carbocycles. The number of hydrogen-bond donors (Lipinski definition) is 17. The molecule has 11 rings (SSSR count). The van der Waals surface area contributed by atoms with E-state index in [1.165, 1.54) is 88.5 Å². The lowest BCUT2D eigenvalue weighted by Gasteiger charge is -2.47. The minimum atomic E-state index is -2.10. The van der Waals surface area contributed by atoms with Crippen LogP contribution in [-0.4, -0.2) is 283 Å². The number of aldehydes is 1. The number of ether oxygens (including phenoxy) is 8. The molecule has 30 heteroatoms. The smallest absolute Gasteiger partial charge is 0.187 e. The monoisotopic (exact) mass is 1510 g/mol. The normalized spacial score (nSPS) is 51.4. The Kier molecular flexibility index (Phi) is 24.0. The SMILES string of the molecule is C/C1=C\C=C\C2C=C(CO[C@H]3O[C@H](CO)[C@H](O)[C@H](O)[C@H]3O)C(C)CC23OC(O)C(C3=O)C(O)/C=C/C2(C)C=C(CO)C(C)CC23OC(O)C(C3=O)C(O)/C(C)=C/C=C/C2(C)C=C(CO[C@H]3O[C@H](CO)[C@H](O)[C@H](O)[C@H]3O)C(C)CC23OC(O)C(C3=O)C(O)/C=C/C2(C)C=C(C=O)C(C)CC23OC(O)C(C3=O)C1O. The van der Waals surface area contributed by atoms with Crippen LogP contribution in [0.25, 0.3) is 0 Å². The number of hydrogen-bond acceptors (Lipinski definition) is 30. The molecule has 107 heavy (non-hydrogen) atoms. The van der Waals surface area contributed by atoms with Gasteiger partial charge >= 0.3 is 0 Å². The molecule has 34 atom stereocenters. The molecule has 592 valence electrons. The van der Waals surface area contributed by atoms with Crippen molar-refractivity contribution in [2.75, 3.05) is 33.0 Å². The summed E-state index contributed by atoms with van der Waals surface area (Å²) in [5, 5.41) is 192. The van der Waals surface area contributed by atoms with Crippen molar-refractivity contribution in [2.24, 2.45) is 69.5 Å². The van der Waals surface area contributed by atoms with Crippen LogP contribution in [0.1, 0.15) is 88.0 Å². The Labute approximate surface area is 618 Å². The largest absolute Gasteiger partial charge is 0.394 e. The van der Waals surface area contributed by atoms with E-state index in [4.69, 9.17) is 37.9 Å². The summed E-state index contributed by atoms with van der Waals surface area (Å²) in [5.41, 5.74) is -11.8. The van der Waals surface area contributed by atoms with Crippen LogP contribution in [-0.2, 0) is 61.9 Å². The van der Waals surface area contributed by atoms with Gasteiger partial charge in [0, 0.05) is 22.2 Å². The molecule has 6 fully saturated rings. The minimum Gasteiger partial charge on any atom is -0.394 e. The van der Waals surface area contributed by atoms with Crippen molar-refractivity contribution >= 4 is 29.4 Å². The summed E-state index contributed by atoms with van der Waals surface area (Å²) < 4.78 is 48.7. The van der Waals surface area contributed by atoms with Gasteiger partial charge < -0.3 is 125 Å². The third kappa shape index (κ3) is 13.9. The quantitative estimate of drug-likeness (QED) is 0.0829. The lowest BCUT2D eigenvalue weighted by atomic mass is 9.59. The molecular weight excluding hydrogens is 1400 g/mol. The molecule has 17 N–H and O–H groups in total. The molecule has 6 heterocycles. The molecule has 0 aromatic rings. The summed E-state index contributed by atoms with van der Waals surface area (Å²) in [6.45, 7) is 11.5. The molecule has 0 radical (unpaired) electrons. The van der Waals surface area contributed by atoms with Gasteiger partial charge in [-0.3, -0.25) is 24.0 Å². The summed E-state index contributed by atoms with van der Waals surface area (Å²) >= 11 is 0. The van der Waals surface area contributed by atoms with Gasteiger partial charge in [0.2, 0.25) is 0 Å². The van der Waals surface area contributed by atoms with Gasteiger partial charge in [-0.2, -0.15) is 0 Å². The first-order valence-electron chi connectivity index (χ1n) is 36.4. The molecule has 24 unspecified atom stereocenters. The molecular formula is C77H104O30. The fourth-order valence-electron chi connectivity index (χ4n) is 18.3. The second-order valence-corrected chi connectivity index (χ2v) is 32.0. The molecule has 5 aliphatic carbocycles. The highest BCUT2D eigenvalue weighted by Crippen LogP contribution is 2.59. The van der Waals surface area contributed by atoms with Crippen LogP contribution < -0.4 is 0 Å². The first-order chi connectivity index (χ1) is 50.2. The van der Waals surface area contributed by atoms with E-state index in [1.807, 2.05) is 0 Å². The van der Waals surface area contributed by atoms with Crippen molar-refractivity contribution in [1.82, 2.24) is 0 Å². The van der Waals surface area contributed by atoms with Gasteiger partial charge in [-0.25, -0.2) is 0 Å². The number of Topliss-reactive ketones (excluding diaryl/α,β-unsaturated/α-hetero) is 4. The fraction of sp³-hybridized carbons (Fsp3) is 0.675. The average molecular weight is 1510 g/mol. The highest BCUT2D eigenvalue weighted by atomic mass is 16.7. The number of ketones is 4. The molecule has 0 aromatic heterocycles. The molecule has 8 bridgehead atoms. The molecule has 4 spiro atoms. The van der Waals surface area contributed by atoms with Crippen LogP contribution in [0, 0.1) is 69.5 Å². The van der Waals surface area contributed by atoms with Crippen LogP contribution in [0.15, 0.2) is 119 Å². The lowest BCUT2D eigenvalue weighted by molar-refractivity contribution is -0.299. The zero-order valence-corrected chi connectivity index (χ0v) is 61.0. The van der Waals surface area contributed by atoms with Gasteiger partial charge in [-0.1, -0.05) is 113 Å². The van der Waals surface area contributed by atoms with E-state index in [-0.39, 0.29) is 55.6 Å². The summed E-state index contributed by atoms with van der Waals surface area (Å²) in [6.07, 6.45) is -12.7. The Morgan fingerprint density at radius 1 is 0.458 bits per heavy atom. The first-order valence-corrected chi connectivity index (χ1v) is 36.4. The number of rotatable bonds is 10. The standard InChI is InChI=1S/C77H104O30/c1-34-12-10-14-44-20-40(32-100-69-59(90)57(88)55(86)47(30-80)102-69)36(3)21-74(44)61(92)49(65(96)104-74)45(82)15-18-72(8)25-41(28-78)38(5)23-77(72)64(95)52(68(99)107-77)54(85)35(2)13-11-17-71(7)27-43(33-101-70-60(91)58(89)56(87)48(31-81)103-70)39(6)24-75(71)62(93)50(66(97)105-75)46(83)16-19-73(9)26-42(29-79)37(4)22-76(73)63(94)51(53(34)84)67(98)106-76/h10-20,25-27,29,36-39,44-60,65-70,78,80-91,96-99H,21-24,28,30-33H2,1-9H3/b14-10+,17-11+,18-15+,19-16+,34-12+,35-13+/t36?,37?,38?,39?,44?,45?,46?,47-,48-,49?,50?,51?,52?,53?,54?,55+,56+,57+,58+,59-,60-,65?,66?,67?,68?,69+,70+,71?,72?,73?,74?,75?,76?,77?/m1/s1. The minimum absolute atomic E-state index is 0.0484. The lowest BCUT2D eigenvalue weighted by Crippen LogP contribution is -2.59. The van der Waals surface area contributed by atoms with E-state index in [9.17, 15) is 91.6 Å². The fourth-order valence-corrected chi connectivity index (χ4v) is 18.3. The Balaban J connectivity index is 1.01. The van der Waals surface area contributed by atoms with E-state index in [2.05, 4.69) is 0 Å². The number of allylic oxidation sites excluding steroid dienone is 5. The van der Waals surface area contributed by atoms with Crippen molar-refractivity contribution in [1.29, 1.82) is 0 Å². The summed E-state index contributed by atoms with van der Waals surface area (Å²) in [5.74, 6) is -14.1. The van der Waals surface area contributed by atoms with Crippen molar-refractivity contribution in [3.05, 3.63) is 119 Å². The van der Waals surface area contributed by atoms with Crippen LogP contribution in [0.4, 0.5) is 0 Å². The molecule has 11 aliphatic rings. The van der Waals surface area contributed by atoms with Crippen molar-refractivity contribution in [2.45, 2.75) is 221 Å². The summed E-state index contributed by atoms with van der Waals surface area (Å²) in [4.78, 5) is 74.8. The second-order valence-electron chi connectivity index (χ2n) is 32.0. The van der Waals surface area contributed by atoms with Crippen molar-refractivity contribution in [3.8, 4) is 0 Å². The van der Waals surface area contributed by atoms with Gasteiger partial charge in [0.05, 0.1) is 57.5 Å². The maximum absolute atomic E-state index is 15.6. The van der Waals surface area contributed by atoms with Crippen LogP contribution in [0.5, 0.6) is 0 Å². The Bertz CT molecular complexity index is 3720. The van der Waals surface area contributed by atoms with Gasteiger partial charge in [-0.05, 0) is 117 Å². The number of aliphatic hydroxyl groups excluding tert-OH is 17. The zero-order valence-electron chi connectivity index (χ0n) is 61.0. The van der Waals surface area contributed by atoms with Crippen LogP contribution in [0.2, 0.25) is 0 Å². The number of fused-ring (bicyclic) bond motifs is 4. The van der Waals surface area contributed by atoms with E-state index >= 15 is 19.2 Å². The molecule has 30 nitrogen and oxygen atoms in total. The van der Waals surface area contributed by atoms with E-state index in [1.54, 1.807) is 46.8 Å². The summed E-state index contributed by atoms with van der Waals surface area (Å²) in [7, 11) is 0. The maximum Gasteiger partial charge on any atom is 0.187 e. The van der Waals surface area contributed by atoms with Gasteiger partial charge in [-0.15, -0.1) is 0 Å². The van der Waals surface area contributed by atoms with E-state index in [0.717, 1.165) is 12.2 Å². The van der Waals surface area contributed by atoms with Crippen molar-refractivity contribution in [3.63, 3.8) is 0 Å². The predicted octanol–water partition coefficient (Wildman–Crippen LogP) is -2.02. The van der Waals surface area contributed by atoms with E-state index in [0.29, 0.717) is 23.0 Å². The first kappa shape index (κ1) is 82.7. The number of carbonyl (C=O) groups is 5. The van der Waals surface area contributed by atoms with Crippen LogP contribution >= 0.6 is 0 Å². The maximum atomic E-state index is 15.6. The Morgan fingerprint density at radius 3 is 1.35 bits per heavy atom. The highest BCUT2D eigenvalue weighted by Gasteiger charge is 2.69. The van der Waals surface area contributed by atoms with Gasteiger partial charge in [0.1, 0.15) is 101 Å². The molecule has 6 aliphatic heterocycles. The molecule has 6 saturated heterocycles. The topological polar surface area (TPSA) is 503 Å². The van der Waals surface area contributed by atoms with Gasteiger partial charge in [0.25, 0.3) is 0 Å². The predicted molar refractivity (Wildman–Crippen MR) is 369 cm³/mol. The van der Waals surface area contributed by atoms with Crippen molar-refractivity contribution < 1.29 is 149 Å². The third-order valence-corrected chi connectivity index (χ3v) is 25.1. The number of carbonyl (C=O) groups excluding carboxylic acids is 5.